The van der Waals surface area contributed by atoms with Crippen LogP contribution in [0.4, 0.5) is 0 Å². The van der Waals surface area contributed by atoms with Crippen LogP contribution < -0.4 is 5.32 Å². The highest BCUT2D eigenvalue weighted by atomic mass is 32.2. The largest absolute Gasteiger partial charge is 0.316 e. The summed E-state index contributed by atoms with van der Waals surface area (Å²) in [5.74, 6) is 1.05. The molecular weight excluding hydrogens is 248 g/mol. The Labute approximate surface area is 108 Å². The fourth-order valence-electron chi connectivity index (χ4n) is 3.07. The molecule has 18 heavy (non-hydrogen) atoms. The zero-order chi connectivity index (χ0) is 12.9. The Morgan fingerprint density at radius 1 is 1.17 bits per heavy atom. The predicted molar refractivity (Wildman–Crippen MR) is 70.3 cm³/mol. The molecule has 0 radical (unpaired) electrons. The minimum Gasteiger partial charge on any atom is -0.316 e. The predicted octanol–water partition coefficient (Wildman–Crippen LogP) is 1.11. The molecule has 1 saturated heterocycles. The molecule has 2 aliphatic rings. The summed E-state index contributed by atoms with van der Waals surface area (Å²) in [6, 6.07) is 5.63. The Kier molecular flexibility index (Phi) is 2.73. The van der Waals surface area contributed by atoms with Gasteiger partial charge in [-0.2, -0.15) is 0 Å². The lowest BCUT2D eigenvalue weighted by Gasteiger charge is -2.19. The second-order valence-corrected chi connectivity index (χ2v) is 7.52. The number of hydrogen-bond acceptors (Lipinski definition) is 3. The summed E-state index contributed by atoms with van der Waals surface area (Å²) in [5.41, 5.74) is 2.57. The topological polar surface area (TPSA) is 49.4 Å². The highest BCUT2D eigenvalue weighted by Gasteiger charge is 2.35. The van der Waals surface area contributed by atoms with Gasteiger partial charge in [-0.15, -0.1) is 0 Å². The summed E-state index contributed by atoms with van der Waals surface area (Å²) in [7, 11) is -0.170. The molecule has 1 N–H and O–H groups in total. The molecule has 1 fully saturated rings. The molecule has 98 valence electrons. The number of hydrogen-bond donors (Lipinski definition) is 1. The van der Waals surface area contributed by atoms with Crippen LogP contribution in [-0.4, -0.2) is 39.9 Å². The molecule has 2 atom stereocenters. The number of benzene rings is 1. The number of rotatable bonds is 2. The van der Waals surface area contributed by atoms with E-state index in [0.29, 0.717) is 16.7 Å². The van der Waals surface area contributed by atoms with Gasteiger partial charge in [0.1, 0.15) is 0 Å². The van der Waals surface area contributed by atoms with Crippen molar-refractivity contribution in [3.8, 4) is 0 Å². The van der Waals surface area contributed by atoms with Crippen molar-refractivity contribution in [1.82, 2.24) is 9.62 Å². The Morgan fingerprint density at radius 2 is 1.83 bits per heavy atom. The van der Waals surface area contributed by atoms with E-state index >= 15 is 0 Å². The van der Waals surface area contributed by atoms with Crippen molar-refractivity contribution in [2.75, 3.05) is 27.2 Å². The summed E-state index contributed by atoms with van der Waals surface area (Å²) < 4.78 is 25.5. The van der Waals surface area contributed by atoms with Crippen LogP contribution >= 0.6 is 0 Å². The molecule has 0 saturated carbocycles. The lowest BCUT2D eigenvalue weighted by atomic mass is 9.98. The van der Waals surface area contributed by atoms with Gasteiger partial charge in [0.15, 0.2) is 0 Å². The summed E-state index contributed by atoms with van der Waals surface area (Å²) in [6.45, 7) is 1.98. The molecule has 5 heteroatoms. The van der Waals surface area contributed by atoms with Crippen LogP contribution in [-0.2, 0) is 10.0 Å². The van der Waals surface area contributed by atoms with E-state index in [1.165, 1.54) is 15.4 Å². The molecule has 4 nitrogen and oxygen atoms in total. The maximum Gasteiger partial charge on any atom is 0.242 e. The third-order valence-corrected chi connectivity index (χ3v) is 5.88. The van der Waals surface area contributed by atoms with Crippen LogP contribution in [0.2, 0.25) is 0 Å². The molecule has 0 amide bonds. The SMILES string of the molecule is CN(C)S(=O)(=O)c1ccc2c(c1)C1CNCC2C1. The van der Waals surface area contributed by atoms with Crippen molar-refractivity contribution in [3.05, 3.63) is 29.3 Å². The first-order valence-corrected chi connectivity index (χ1v) is 7.71. The van der Waals surface area contributed by atoms with Crippen molar-refractivity contribution in [1.29, 1.82) is 0 Å². The van der Waals surface area contributed by atoms with E-state index in [4.69, 9.17) is 0 Å². The molecule has 1 aromatic rings. The number of fused-ring (bicyclic) bond motifs is 5. The number of sulfonamides is 1. The van der Waals surface area contributed by atoms with Gasteiger partial charge in [-0.25, -0.2) is 12.7 Å². The van der Waals surface area contributed by atoms with Crippen LogP contribution in [0.3, 0.4) is 0 Å². The molecule has 3 rings (SSSR count). The number of nitrogens with one attached hydrogen (secondary N) is 1. The van der Waals surface area contributed by atoms with Gasteiger partial charge in [0.2, 0.25) is 10.0 Å². The Bertz CT molecular complexity index is 581. The first kappa shape index (κ1) is 12.1. The smallest absolute Gasteiger partial charge is 0.242 e. The summed E-state index contributed by atoms with van der Waals surface area (Å²) in [5, 5.41) is 3.41. The number of piperidine rings is 1. The Balaban J connectivity index is 2.08. The van der Waals surface area contributed by atoms with Crippen molar-refractivity contribution < 1.29 is 8.42 Å². The first-order valence-electron chi connectivity index (χ1n) is 6.27. The third-order valence-electron chi connectivity index (χ3n) is 4.07. The summed E-state index contributed by atoms with van der Waals surface area (Å²) >= 11 is 0. The standard InChI is InChI=1S/C13H18N2O2S/c1-15(2)18(16,17)11-3-4-12-9-5-10(8-14-7-9)13(12)6-11/h3-4,6,9-10,14H,5,7-8H2,1-2H3. The van der Waals surface area contributed by atoms with E-state index in [-0.39, 0.29) is 0 Å². The van der Waals surface area contributed by atoms with Crippen LogP contribution in [0.1, 0.15) is 29.4 Å². The molecule has 1 aliphatic heterocycles. The molecule has 1 aliphatic carbocycles. The minimum atomic E-state index is -3.31. The van der Waals surface area contributed by atoms with Gasteiger partial charge in [-0.1, -0.05) is 6.07 Å². The zero-order valence-electron chi connectivity index (χ0n) is 10.7. The Morgan fingerprint density at radius 3 is 2.50 bits per heavy atom. The Hall–Kier alpha value is -0.910. The molecule has 0 aromatic heterocycles. The fourth-order valence-corrected chi connectivity index (χ4v) is 4.00. The van der Waals surface area contributed by atoms with E-state index in [9.17, 15) is 8.42 Å². The van der Waals surface area contributed by atoms with E-state index in [1.807, 2.05) is 12.1 Å². The quantitative estimate of drug-likeness (QED) is 0.872. The zero-order valence-corrected chi connectivity index (χ0v) is 11.5. The second-order valence-electron chi connectivity index (χ2n) is 5.37. The summed E-state index contributed by atoms with van der Waals surface area (Å²) in [6.07, 6.45) is 1.16. The third kappa shape index (κ3) is 1.69. The van der Waals surface area contributed by atoms with Gasteiger partial charge in [0.05, 0.1) is 4.90 Å². The van der Waals surface area contributed by atoms with Crippen molar-refractivity contribution in [2.45, 2.75) is 23.2 Å². The molecule has 1 heterocycles. The molecule has 2 unspecified atom stereocenters. The normalized spacial score (nSPS) is 26.4. The number of nitrogens with zero attached hydrogens (tertiary/aromatic N) is 1. The van der Waals surface area contributed by atoms with Crippen LogP contribution in [0.5, 0.6) is 0 Å². The first-order chi connectivity index (χ1) is 8.50. The van der Waals surface area contributed by atoms with Gasteiger partial charge in [-0.05, 0) is 41.5 Å². The van der Waals surface area contributed by atoms with Gasteiger partial charge < -0.3 is 5.32 Å². The molecule has 0 spiro atoms. The average molecular weight is 266 g/mol. The lowest BCUT2D eigenvalue weighted by Crippen LogP contribution is -2.28. The fraction of sp³-hybridized carbons (Fsp3) is 0.538. The van der Waals surface area contributed by atoms with E-state index in [2.05, 4.69) is 5.32 Å². The lowest BCUT2D eigenvalue weighted by molar-refractivity contribution is 0.453. The van der Waals surface area contributed by atoms with Gasteiger partial charge >= 0.3 is 0 Å². The van der Waals surface area contributed by atoms with Crippen molar-refractivity contribution in [2.24, 2.45) is 0 Å². The van der Waals surface area contributed by atoms with E-state index < -0.39 is 10.0 Å². The molecular formula is C13H18N2O2S. The van der Waals surface area contributed by atoms with Crippen molar-refractivity contribution >= 4 is 10.0 Å². The highest BCUT2D eigenvalue weighted by molar-refractivity contribution is 7.89. The van der Waals surface area contributed by atoms with E-state index in [0.717, 1.165) is 19.5 Å². The minimum absolute atomic E-state index is 0.416. The monoisotopic (exact) mass is 266 g/mol. The summed E-state index contributed by atoms with van der Waals surface area (Å²) in [4.78, 5) is 0.416. The maximum absolute atomic E-state index is 12.1. The highest BCUT2D eigenvalue weighted by Crippen LogP contribution is 2.44. The van der Waals surface area contributed by atoms with Crippen molar-refractivity contribution in [3.63, 3.8) is 0 Å². The van der Waals surface area contributed by atoms with E-state index in [1.54, 1.807) is 20.2 Å². The van der Waals surface area contributed by atoms with Crippen LogP contribution in [0.25, 0.3) is 0 Å². The molecule has 2 bridgehead atoms. The van der Waals surface area contributed by atoms with Crippen LogP contribution in [0, 0.1) is 0 Å². The van der Waals surface area contributed by atoms with Gasteiger partial charge in [-0.3, -0.25) is 0 Å². The molecule has 1 aromatic carbocycles. The average Bonchev–Trinajstić information content (AvgIpc) is 2.61. The maximum atomic E-state index is 12.1. The van der Waals surface area contributed by atoms with Gasteiger partial charge in [0.25, 0.3) is 0 Å². The van der Waals surface area contributed by atoms with Crippen LogP contribution in [0.15, 0.2) is 23.1 Å². The van der Waals surface area contributed by atoms with Gasteiger partial charge in [0, 0.05) is 27.2 Å². The second kappa shape index (κ2) is 4.05.